The highest BCUT2D eigenvalue weighted by atomic mass is 16.5. The summed E-state index contributed by atoms with van der Waals surface area (Å²) in [5.41, 5.74) is 3.76. The molecule has 0 aliphatic carbocycles. The summed E-state index contributed by atoms with van der Waals surface area (Å²) in [5.74, 6) is 0.302. The monoisotopic (exact) mass is 479 g/mol. The fourth-order valence-corrected chi connectivity index (χ4v) is 4.93. The summed E-state index contributed by atoms with van der Waals surface area (Å²) >= 11 is 0. The molecule has 0 fully saturated rings. The number of methoxy groups -OCH3 is 1. The van der Waals surface area contributed by atoms with Crippen LogP contribution in [-0.4, -0.2) is 35.0 Å². The van der Waals surface area contributed by atoms with Gasteiger partial charge in [-0.15, -0.1) is 0 Å². The average Bonchev–Trinajstić information content (AvgIpc) is 2.80. The summed E-state index contributed by atoms with van der Waals surface area (Å²) in [6.45, 7) is 10.0. The molecule has 0 spiro atoms. The summed E-state index contributed by atoms with van der Waals surface area (Å²) in [4.78, 5) is 26.1. The Morgan fingerprint density at radius 2 is 1.89 bits per heavy atom. The van der Waals surface area contributed by atoms with Crippen molar-refractivity contribution in [2.45, 2.75) is 59.2 Å². The molecule has 2 heterocycles. The van der Waals surface area contributed by atoms with Crippen molar-refractivity contribution < 1.29 is 24.1 Å². The van der Waals surface area contributed by atoms with Crippen LogP contribution in [0.1, 0.15) is 55.7 Å². The minimum absolute atomic E-state index is 0.306. The highest BCUT2D eigenvalue weighted by Gasteiger charge is 2.34. The molecule has 1 aliphatic heterocycles. The molecule has 0 radical (unpaired) electrons. The van der Waals surface area contributed by atoms with E-state index in [1.165, 1.54) is 4.57 Å². The number of aromatic nitrogens is 1. The van der Waals surface area contributed by atoms with Crippen molar-refractivity contribution in [3.63, 3.8) is 0 Å². The molecule has 2 aromatic carbocycles. The van der Waals surface area contributed by atoms with Gasteiger partial charge in [0.15, 0.2) is 6.10 Å². The molecule has 0 saturated heterocycles. The van der Waals surface area contributed by atoms with Gasteiger partial charge in [0.1, 0.15) is 11.5 Å². The van der Waals surface area contributed by atoms with Crippen LogP contribution >= 0.6 is 0 Å². The molecule has 7 heteroatoms. The number of hydrogen-bond acceptors (Lipinski definition) is 5. The zero-order chi connectivity index (χ0) is 25.7. The maximum atomic E-state index is 13.6. The molecule has 186 valence electrons. The maximum absolute atomic E-state index is 13.6. The Morgan fingerprint density at radius 1 is 1.17 bits per heavy atom. The Balaban J connectivity index is 2.18. The molecule has 3 aromatic rings. The average molecular weight is 480 g/mol. The van der Waals surface area contributed by atoms with E-state index in [9.17, 15) is 14.7 Å². The minimum atomic E-state index is -1.35. The van der Waals surface area contributed by atoms with Crippen LogP contribution in [0.2, 0.25) is 0 Å². The van der Waals surface area contributed by atoms with E-state index in [4.69, 9.17) is 14.2 Å². The number of ether oxygens (including phenoxy) is 3. The largest absolute Gasteiger partial charge is 0.496 e. The molecule has 4 rings (SSSR count). The Bertz CT molecular complexity index is 1380. The number of carbonyl (C=O) groups is 1. The second kappa shape index (κ2) is 9.04. The van der Waals surface area contributed by atoms with Crippen molar-refractivity contribution in [3.05, 3.63) is 57.0 Å². The molecular weight excluding hydrogens is 446 g/mol. The highest BCUT2D eigenvalue weighted by molar-refractivity contribution is 6.01. The third-order valence-corrected chi connectivity index (χ3v) is 6.55. The van der Waals surface area contributed by atoms with Crippen LogP contribution in [0.3, 0.4) is 0 Å². The fraction of sp³-hybridized carbons (Fsp3) is 0.429. The second-order valence-corrected chi connectivity index (χ2v) is 10.1. The van der Waals surface area contributed by atoms with Gasteiger partial charge in [-0.1, -0.05) is 6.07 Å². The lowest BCUT2D eigenvalue weighted by molar-refractivity contribution is -0.161. The van der Waals surface area contributed by atoms with Gasteiger partial charge < -0.3 is 23.9 Å². The molecule has 35 heavy (non-hydrogen) atoms. The van der Waals surface area contributed by atoms with Crippen molar-refractivity contribution in [1.82, 2.24) is 4.57 Å². The summed E-state index contributed by atoms with van der Waals surface area (Å²) in [6.07, 6.45) is 0.447. The molecule has 1 unspecified atom stereocenters. The number of carboxylic acids is 1. The van der Waals surface area contributed by atoms with Crippen LogP contribution in [-0.2, 0) is 23.0 Å². The zero-order valence-electron chi connectivity index (χ0n) is 21.4. The summed E-state index contributed by atoms with van der Waals surface area (Å²) in [5, 5.41) is 11.4. The third-order valence-electron chi connectivity index (χ3n) is 6.55. The van der Waals surface area contributed by atoms with Gasteiger partial charge in [-0.05, 0) is 93.3 Å². The highest BCUT2D eigenvalue weighted by Crippen LogP contribution is 2.42. The van der Waals surface area contributed by atoms with E-state index in [1.54, 1.807) is 41.0 Å². The first kappa shape index (κ1) is 24.8. The molecule has 1 atom stereocenters. The number of hydrogen-bond donors (Lipinski definition) is 1. The predicted molar refractivity (Wildman–Crippen MR) is 136 cm³/mol. The van der Waals surface area contributed by atoms with Crippen molar-refractivity contribution in [2.24, 2.45) is 7.05 Å². The first-order valence-corrected chi connectivity index (χ1v) is 11.8. The van der Waals surface area contributed by atoms with Crippen LogP contribution < -0.4 is 15.0 Å². The fourth-order valence-electron chi connectivity index (χ4n) is 4.93. The standard InChI is InChI=1S/C28H33NO6/c1-15-13-19-20(14-22(15)33-7)26(30)29(6)24(25(27(31)32)35-28(3,4)5)23(19)18-10-11-21-17(16(18)2)9-8-12-34-21/h10-11,13-14,25H,8-9,12H2,1-7H3,(H,31,32). The normalized spacial score (nSPS) is 14.4. The van der Waals surface area contributed by atoms with Crippen LogP contribution in [0.25, 0.3) is 21.9 Å². The van der Waals surface area contributed by atoms with Crippen LogP contribution in [0, 0.1) is 13.8 Å². The van der Waals surface area contributed by atoms with E-state index in [2.05, 4.69) is 0 Å². The van der Waals surface area contributed by atoms with Gasteiger partial charge in [-0.3, -0.25) is 4.79 Å². The molecular formula is C28H33NO6. The summed E-state index contributed by atoms with van der Waals surface area (Å²) < 4.78 is 18.8. The van der Waals surface area contributed by atoms with E-state index in [1.807, 2.05) is 32.0 Å². The van der Waals surface area contributed by atoms with E-state index in [-0.39, 0.29) is 5.56 Å². The van der Waals surface area contributed by atoms with Crippen molar-refractivity contribution in [3.8, 4) is 22.6 Å². The lowest BCUT2D eigenvalue weighted by Crippen LogP contribution is -2.33. The number of pyridine rings is 1. The molecule has 0 saturated carbocycles. The van der Waals surface area contributed by atoms with Gasteiger partial charge >= 0.3 is 5.97 Å². The maximum Gasteiger partial charge on any atom is 0.339 e. The molecule has 1 N–H and O–H groups in total. The van der Waals surface area contributed by atoms with Crippen LogP contribution in [0.15, 0.2) is 29.1 Å². The quantitative estimate of drug-likeness (QED) is 0.548. The van der Waals surface area contributed by atoms with Crippen molar-refractivity contribution in [2.75, 3.05) is 13.7 Å². The van der Waals surface area contributed by atoms with Crippen molar-refractivity contribution >= 4 is 16.7 Å². The third kappa shape index (κ3) is 4.41. The number of carboxylic acid groups (broad SMARTS) is 1. The number of rotatable bonds is 5. The number of aryl methyl sites for hydroxylation is 1. The van der Waals surface area contributed by atoms with Crippen molar-refractivity contribution in [1.29, 1.82) is 0 Å². The Labute approximate surface area is 205 Å². The van der Waals surface area contributed by atoms with Gasteiger partial charge in [-0.25, -0.2) is 4.79 Å². The van der Waals surface area contributed by atoms with Gasteiger partial charge in [0.05, 0.1) is 30.4 Å². The van der Waals surface area contributed by atoms with Crippen LogP contribution in [0.5, 0.6) is 11.5 Å². The number of nitrogens with zero attached hydrogens (tertiary/aromatic N) is 1. The molecule has 0 bridgehead atoms. The molecule has 7 nitrogen and oxygen atoms in total. The number of fused-ring (bicyclic) bond motifs is 2. The van der Waals surface area contributed by atoms with E-state index in [0.29, 0.717) is 34.4 Å². The van der Waals surface area contributed by atoms with Gasteiger partial charge in [-0.2, -0.15) is 0 Å². The number of benzene rings is 2. The molecule has 1 aromatic heterocycles. The van der Waals surface area contributed by atoms with Gasteiger partial charge in [0.25, 0.3) is 5.56 Å². The first-order chi connectivity index (χ1) is 16.4. The second-order valence-electron chi connectivity index (χ2n) is 10.1. The summed E-state index contributed by atoms with van der Waals surface area (Å²) in [6, 6.07) is 7.53. The van der Waals surface area contributed by atoms with E-state index >= 15 is 0 Å². The van der Waals surface area contributed by atoms with E-state index in [0.717, 1.165) is 40.8 Å². The van der Waals surface area contributed by atoms with Crippen LogP contribution in [0.4, 0.5) is 0 Å². The lowest BCUT2D eigenvalue weighted by Gasteiger charge is -2.29. The Morgan fingerprint density at radius 3 is 2.51 bits per heavy atom. The molecule has 0 amide bonds. The Kier molecular flexibility index (Phi) is 6.40. The lowest BCUT2D eigenvalue weighted by atomic mass is 9.87. The number of aliphatic carboxylic acids is 1. The van der Waals surface area contributed by atoms with E-state index < -0.39 is 17.7 Å². The predicted octanol–water partition coefficient (Wildman–Crippen LogP) is 5.10. The topological polar surface area (TPSA) is 87.0 Å². The SMILES string of the molecule is COc1cc2c(=O)n(C)c(C(OC(C)(C)C)C(=O)O)c(-c3ccc4c(c3C)CCCO4)c2cc1C. The van der Waals surface area contributed by atoms with Gasteiger partial charge in [0.2, 0.25) is 0 Å². The smallest absolute Gasteiger partial charge is 0.339 e. The molecule has 1 aliphatic rings. The Hall–Kier alpha value is -3.32. The first-order valence-electron chi connectivity index (χ1n) is 11.8. The minimum Gasteiger partial charge on any atom is -0.496 e. The zero-order valence-corrected chi connectivity index (χ0v) is 21.4. The summed E-state index contributed by atoms with van der Waals surface area (Å²) in [7, 11) is 3.17. The van der Waals surface area contributed by atoms with Gasteiger partial charge in [0, 0.05) is 12.6 Å².